The van der Waals surface area contributed by atoms with Gasteiger partial charge in [-0.3, -0.25) is 0 Å². The zero-order chi connectivity index (χ0) is 13.6. The first-order valence-corrected chi connectivity index (χ1v) is 7.12. The Labute approximate surface area is 114 Å². The highest BCUT2D eigenvalue weighted by Gasteiger charge is 2.11. The van der Waals surface area contributed by atoms with Crippen LogP contribution in [-0.2, 0) is 0 Å². The van der Waals surface area contributed by atoms with Gasteiger partial charge in [-0.15, -0.1) is 0 Å². The molecule has 3 rings (SSSR count). The molecule has 1 heteroatoms. The number of hydrogen-bond donors (Lipinski definition) is 1. The summed E-state index contributed by atoms with van der Waals surface area (Å²) in [5.41, 5.74) is 4.02. The van der Waals surface area contributed by atoms with Gasteiger partial charge in [0.2, 0.25) is 0 Å². The van der Waals surface area contributed by atoms with E-state index in [2.05, 4.69) is 69.1 Å². The summed E-state index contributed by atoms with van der Waals surface area (Å²) < 4.78 is 0. The van der Waals surface area contributed by atoms with Gasteiger partial charge in [0, 0.05) is 16.6 Å². The van der Waals surface area contributed by atoms with E-state index >= 15 is 0 Å². The smallest absolute Gasteiger partial charge is 0.0462 e. The van der Waals surface area contributed by atoms with Gasteiger partial charge in [0.25, 0.3) is 0 Å². The molecule has 0 atom stereocenters. The van der Waals surface area contributed by atoms with Crippen LogP contribution in [0, 0.1) is 0 Å². The molecule has 0 amide bonds. The van der Waals surface area contributed by atoms with E-state index in [1.807, 2.05) is 0 Å². The molecule has 1 aromatic heterocycles. The Bertz CT molecular complexity index is 732. The third-order valence-electron chi connectivity index (χ3n) is 3.94. The van der Waals surface area contributed by atoms with Crippen molar-refractivity contribution in [2.75, 3.05) is 0 Å². The number of hydrogen-bond acceptors (Lipinski definition) is 0. The Morgan fingerprint density at radius 3 is 2.37 bits per heavy atom. The summed E-state index contributed by atoms with van der Waals surface area (Å²) >= 11 is 0. The van der Waals surface area contributed by atoms with Crippen LogP contribution in [0.1, 0.15) is 50.8 Å². The molecule has 1 heterocycles. The molecule has 0 saturated carbocycles. The number of aromatic nitrogens is 1. The SMILES string of the molecule is CC(C)c1cc2c(ccc3cccc(C(C)C)c32)[nH]1. The number of nitrogens with one attached hydrogen (secondary N) is 1. The second kappa shape index (κ2) is 4.41. The van der Waals surface area contributed by atoms with Crippen molar-refractivity contribution in [3.8, 4) is 0 Å². The highest BCUT2D eigenvalue weighted by molar-refractivity contribution is 6.08. The molecular weight excluding hydrogens is 230 g/mol. The lowest BCUT2D eigenvalue weighted by Gasteiger charge is -2.10. The second-order valence-electron chi connectivity index (χ2n) is 6.01. The lowest BCUT2D eigenvalue weighted by atomic mass is 9.94. The minimum Gasteiger partial charge on any atom is -0.358 e. The van der Waals surface area contributed by atoms with Gasteiger partial charge in [-0.2, -0.15) is 0 Å². The van der Waals surface area contributed by atoms with Gasteiger partial charge in [0.15, 0.2) is 0 Å². The largest absolute Gasteiger partial charge is 0.358 e. The molecule has 0 spiro atoms. The van der Waals surface area contributed by atoms with Crippen molar-refractivity contribution in [3.63, 3.8) is 0 Å². The summed E-state index contributed by atoms with van der Waals surface area (Å²) in [4.78, 5) is 3.55. The Hall–Kier alpha value is -1.76. The fourth-order valence-electron chi connectivity index (χ4n) is 2.83. The van der Waals surface area contributed by atoms with Crippen LogP contribution in [-0.4, -0.2) is 4.98 Å². The molecule has 19 heavy (non-hydrogen) atoms. The van der Waals surface area contributed by atoms with Gasteiger partial charge < -0.3 is 4.98 Å². The van der Waals surface area contributed by atoms with Crippen molar-refractivity contribution >= 4 is 21.7 Å². The summed E-state index contributed by atoms with van der Waals surface area (Å²) in [7, 11) is 0. The highest BCUT2D eigenvalue weighted by Crippen LogP contribution is 2.33. The zero-order valence-electron chi connectivity index (χ0n) is 12.1. The molecule has 0 aliphatic carbocycles. The maximum Gasteiger partial charge on any atom is 0.0462 e. The van der Waals surface area contributed by atoms with Crippen molar-refractivity contribution in [1.82, 2.24) is 4.98 Å². The van der Waals surface area contributed by atoms with Crippen LogP contribution < -0.4 is 0 Å². The third kappa shape index (κ3) is 1.94. The van der Waals surface area contributed by atoms with Crippen molar-refractivity contribution in [2.24, 2.45) is 0 Å². The van der Waals surface area contributed by atoms with Crippen LogP contribution in [0.4, 0.5) is 0 Å². The van der Waals surface area contributed by atoms with E-state index < -0.39 is 0 Å². The predicted molar refractivity (Wildman–Crippen MR) is 84.0 cm³/mol. The van der Waals surface area contributed by atoms with E-state index in [0.29, 0.717) is 11.8 Å². The van der Waals surface area contributed by atoms with E-state index in [-0.39, 0.29) is 0 Å². The van der Waals surface area contributed by atoms with Gasteiger partial charge in [-0.1, -0.05) is 52.0 Å². The molecule has 0 unspecified atom stereocenters. The van der Waals surface area contributed by atoms with Crippen LogP contribution in [0.3, 0.4) is 0 Å². The van der Waals surface area contributed by atoms with Crippen molar-refractivity contribution in [3.05, 3.63) is 47.7 Å². The molecule has 0 bridgehead atoms. The molecule has 2 aromatic carbocycles. The molecule has 0 saturated heterocycles. The number of fused-ring (bicyclic) bond motifs is 3. The fourth-order valence-corrected chi connectivity index (χ4v) is 2.83. The van der Waals surface area contributed by atoms with Gasteiger partial charge in [-0.05, 0) is 40.3 Å². The van der Waals surface area contributed by atoms with Crippen LogP contribution in [0.2, 0.25) is 0 Å². The molecular formula is C18H21N. The number of aromatic amines is 1. The van der Waals surface area contributed by atoms with E-state index in [1.54, 1.807) is 0 Å². The standard InChI is InChI=1S/C18H21N/c1-11(2)14-7-5-6-13-8-9-16-15(18(13)14)10-17(19-16)12(3)4/h5-12,19H,1-4H3. The average Bonchev–Trinajstić information content (AvgIpc) is 2.82. The molecule has 0 aliphatic heterocycles. The predicted octanol–water partition coefficient (Wildman–Crippen LogP) is 5.57. The Morgan fingerprint density at radius 2 is 1.68 bits per heavy atom. The molecule has 98 valence electrons. The minimum absolute atomic E-state index is 0.536. The van der Waals surface area contributed by atoms with Gasteiger partial charge in [-0.25, -0.2) is 0 Å². The zero-order valence-corrected chi connectivity index (χ0v) is 12.1. The first kappa shape index (κ1) is 12.3. The normalized spacial score (nSPS) is 12.1. The second-order valence-corrected chi connectivity index (χ2v) is 6.01. The molecule has 0 aliphatic rings. The van der Waals surface area contributed by atoms with Crippen molar-refractivity contribution < 1.29 is 0 Å². The average molecular weight is 251 g/mol. The molecule has 3 aromatic rings. The van der Waals surface area contributed by atoms with Crippen LogP contribution in [0.25, 0.3) is 21.7 Å². The topological polar surface area (TPSA) is 15.8 Å². The number of rotatable bonds is 2. The highest BCUT2D eigenvalue weighted by atomic mass is 14.7. The summed E-state index contributed by atoms with van der Waals surface area (Å²) in [5.74, 6) is 1.08. The molecule has 0 radical (unpaired) electrons. The maximum absolute atomic E-state index is 3.55. The maximum atomic E-state index is 3.55. The van der Waals surface area contributed by atoms with Crippen LogP contribution >= 0.6 is 0 Å². The van der Waals surface area contributed by atoms with Gasteiger partial charge in [0.05, 0.1) is 0 Å². The Balaban J connectivity index is 2.43. The Kier molecular flexibility index (Phi) is 2.85. The molecule has 0 fully saturated rings. The first-order valence-electron chi connectivity index (χ1n) is 7.12. The van der Waals surface area contributed by atoms with Crippen LogP contribution in [0.15, 0.2) is 36.4 Å². The van der Waals surface area contributed by atoms with Crippen molar-refractivity contribution in [2.45, 2.75) is 39.5 Å². The first-order chi connectivity index (χ1) is 9.08. The van der Waals surface area contributed by atoms with Gasteiger partial charge >= 0.3 is 0 Å². The van der Waals surface area contributed by atoms with Crippen LogP contribution in [0.5, 0.6) is 0 Å². The van der Waals surface area contributed by atoms with Gasteiger partial charge in [0.1, 0.15) is 0 Å². The lowest BCUT2D eigenvalue weighted by molar-refractivity contribution is 0.836. The summed E-state index contributed by atoms with van der Waals surface area (Å²) in [6.07, 6.45) is 0. The minimum atomic E-state index is 0.536. The number of H-pyrrole nitrogens is 1. The summed E-state index contributed by atoms with van der Waals surface area (Å²) in [5, 5.41) is 4.12. The monoisotopic (exact) mass is 251 g/mol. The number of benzene rings is 2. The van der Waals surface area contributed by atoms with E-state index in [9.17, 15) is 0 Å². The van der Waals surface area contributed by atoms with E-state index in [0.717, 1.165) is 0 Å². The van der Waals surface area contributed by atoms with Crippen molar-refractivity contribution in [1.29, 1.82) is 0 Å². The van der Waals surface area contributed by atoms with E-state index in [4.69, 9.17) is 0 Å². The lowest BCUT2D eigenvalue weighted by Crippen LogP contribution is -1.89. The quantitative estimate of drug-likeness (QED) is 0.613. The fraction of sp³-hybridized carbons (Fsp3) is 0.333. The summed E-state index contributed by atoms with van der Waals surface area (Å²) in [6.45, 7) is 9.00. The third-order valence-corrected chi connectivity index (χ3v) is 3.94. The molecule has 1 N–H and O–H groups in total. The van der Waals surface area contributed by atoms with E-state index in [1.165, 1.54) is 32.9 Å². The Morgan fingerprint density at radius 1 is 0.895 bits per heavy atom. The molecule has 1 nitrogen and oxygen atoms in total. The summed E-state index contributed by atoms with van der Waals surface area (Å²) in [6, 6.07) is 13.4.